The van der Waals surface area contributed by atoms with E-state index in [-0.39, 0.29) is 0 Å². The van der Waals surface area contributed by atoms with Gasteiger partial charge in [-0.15, -0.1) is 6.58 Å². The average Bonchev–Trinajstić information content (AvgIpc) is 2.06. The van der Waals surface area contributed by atoms with Gasteiger partial charge in [-0.2, -0.15) is 0 Å². The highest BCUT2D eigenvalue weighted by atomic mass is 28.4. The second-order valence-corrected chi connectivity index (χ2v) is 13.5. The summed E-state index contributed by atoms with van der Waals surface area (Å²) < 4.78 is 10.9. The molecular formula is C9H22O2Si2. The van der Waals surface area contributed by atoms with Crippen molar-refractivity contribution in [3.63, 3.8) is 0 Å². The summed E-state index contributed by atoms with van der Waals surface area (Å²) in [6, 6.07) is 2.28. The van der Waals surface area contributed by atoms with Gasteiger partial charge in [0.25, 0.3) is 0 Å². The van der Waals surface area contributed by atoms with Crippen molar-refractivity contribution in [2.75, 3.05) is 14.2 Å². The van der Waals surface area contributed by atoms with E-state index in [9.17, 15) is 0 Å². The Morgan fingerprint density at radius 2 is 1.54 bits per heavy atom. The van der Waals surface area contributed by atoms with E-state index in [0.717, 1.165) is 6.04 Å². The van der Waals surface area contributed by atoms with E-state index < -0.39 is 16.6 Å². The molecule has 0 saturated carbocycles. The van der Waals surface area contributed by atoms with Crippen LogP contribution >= 0.6 is 0 Å². The molecule has 13 heavy (non-hydrogen) atoms. The van der Waals surface area contributed by atoms with Crippen molar-refractivity contribution in [1.82, 2.24) is 0 Å². The number of rotatable bonds is 6. The lowest BCUT2D eigenvalue weighted by Crippen LogP contribution is -2.39. The Morgan fingerprint density at radius 1 is 1.08 bits per heavy atom. The Bertz CT molecular complexity index is 159. The summed E-state index contributed by atoms with van der Waals surface area (Å²) in [4.78, 5) is 0. The van der Waals surface area contributed by atoms with Gasteiger partial charge in [0.05, 0.1) is 0 Å². The van der Waals surface area contributed by atoms with Crippen LogP contribution in [0.25, 0.3) is 0 Å². The van der Waals surface area contributed by atoms with Gasteiger partial charge in [0.15, 0.2) is 0 Å². The van der Waals surface area contributed by atoms with Crippen molar-refractivity contribution in [2.24, 2.45) is 0 Å². The highest BCUT2D eigenvalue weighted by Gasteiger charge is 2.33. The maximum absolute atomic E-state index is 5.45. The van der Waals surface area contributed by atoms with Crippen molar-refractivity contribution < 1.29 is 8.85 Å². The molecule has 0 spiro atoms. The smallest absolute Gasteiger partial charge is 0.363 e. The Labute approximate surface area is 84.2 Å². The van der Waals surface area contributed by atoms with Crippen molar-refractivity contribution in [3.8, 4) is 0 Å². The summed E-state index contributed by atoms with van der Waals surface area (Å²) >= 11 is 0. The third-order valence-corrected chi connectivity index (χ3v) is 7.43. The summed E-state index contributed by atoms with van der Waals surface area (Å²) in [6.45, 7) is 10.9. The first kappa shape index (κ1) is 13.1. The molecule has 0 radical (unpaired) electrons. The Hall–Kier alpha value is 0.0938. The van der Waals surface area contributed by atoms with E-state index in [0.29, 0.717) is 0 Å². The van der Waals surface area contributed by atoms with Gasteiger partial charge in [-0.3, -0.25) is 0 Å². The fourth-order valence-corrected chi connectivity index (χ4v) is 6.61. The Balaban J connectivity index is 4.19. The molecule has 0 rings (SSSR count). The highest BCUT2D eigenvalue weighted by Crippen LogP contribution is 2.21. The van der Waals surface area contributed by atoms with Crippen LogP contribution in [-0.4, -0.2) is 30.9 Å². The van der Waals surface area contributed by atoms with E-state index in [1.165, 1.54) is 6.04 Å². The van der Waals surface area contributed by atoms with E-state index in [1.807, 2.05) is 5.70 Å². The zero-order valence-electron chi connectivity index (χ0n) is 9.52. The zero-order valence-corrected chi connectivity index (χ0v) is 11.5. The van der Waals surface area contributed by atoms with Crippen LogP contribution in [0.4, 0.5) is 0 Å². The standard InChI is InChI=1S/C9H22O2Si2/c1-7-13(10-2,11-3)9-8-12(4,5)6/h7H,1,8-9H2,2-6H3. The first-order valence-electron chi connectivity index (χ1n) is 4.63. The van der Waals surface area contributed by atoms with Gasteiger partial charge in [-0.05, 0) is 11.7 Å². The molecule has 0 amide bonds. The van der Waals surface area contributed by atoms with Crippen LogP contribution in [0.3, 0.4) is 0 Å². The van der Waals surface area contributed by atoms with E-state index in [4.69, 9.17) is 8.85 Å². The van der Waals surface area contributed by atoms with Gasteiger partial charge in [-0.25, -0.2) is 0 Å². The van der Waals surface area contributed by atoms with Gasteiger partial charge in [0.2, 0.25) is 0 Å². The van der Waals surface area contributed by atoms with Gasteiger partial charge in [0.1, 0.15) is 0 Å². The summed E-state index contributed by atoms with van der Waals surface area (Å²) in [7, 11) is 0.430. The lowest BCUT2D eigenvalue weighted by atomic mass is 10.9. The molecule has 0 saturated heterocycles. The van der Waals surface area contributed by atoms with Gasteiger partial charge in [0, 0.05) is 22.3 Å². The van der Waals surface area contributed by atoms with Crippen molar-refractivity contribution in [3.05, 3.63) is 12.3 Å². The Morgan fingerprint density at radius 3 is 1.77 bits per heavy atom. The predicted octanol–water partition coefficient (Wildman–Crippen LogP) is 2.78. The maximum atomic E-state index is 5.45. The SMILES string of the molecule is C=C[Si](CC[Si](C)(C)C)(OC)OC. The van der Waals surface area contributed by atoms with Crippen LogP contribution in [-0.2, 0) is 8.85 Å². The molecule has 78 valence electrons. The van der Waals surface area contributed by atoms with Gasteiger partial charge in [-0.1, -0.05) is 25.7 Å². The van der Waals surface area contributed by atoms with Gasteiger partial charge < -0.3 is 8.85 Å². The third kappa shape index (κ3) is 4.76. The minimum atomic E-state index is -2.03. The molecule has 0 aliphatic rings. The molecule has 0 N–H and O–H groups in total. The number of hydrogen-bond acceptors (Lipinski definition) is 2. The van der Waals surface area contributed by atoms with Crippen molar-refractivity contribution in [1.29, 1.82) is 0 Å². The molecule has 0 aromatic carbocycles. The zero-order chi connectivity index (χ0) is 10.5. The normalized spacial score (nSPS) is 13.0. The lowest BCUT2D eigenvalue weighted by Gasteiger charge is -2.26. The van der Waals surface area contributed by atoms with Crippen LogP contribution < -0.4 is 0 Å². The third-order valence-electron chi connectivity index (χ3n) is 2.23. The summed E-state index contributed by atoms with van der Waals surface area (Å²) in [5.41, 5.74) is 1.88. The maximum Gasteiger partial charge on any atom is 0.363 e. The van der Waals surface area contributed by atoms with E-state index in [2.05, 4.69) is 26.2 Å². The molecule has 0 aromatic heterocycles. The minimum absolute atomic E-state index is 0.989. The molecule has 0 fully saturated rings. The van der Waals surface area contributed by atoms with Crippen LogP contribution in [0.15, 0.2) is 12.3 Å². The highest BCUT2D eigenvalue weighted by molar-refractivity contribution is 6.79. The summed E-state index contributed by atoms with van der Waals surface area (Å²) in [5.74, 6) is 0. The molecule has 0 unspecified atom stereocenters. The lowest BCUT2D eigenvalue weighted by molar-refractivity contribution is 0.257. The molecular weight excluding hydrogens is 196 g/mol. The summed E-state index contributed by atoms with van der Waals surface area (Å²) in [6.07, 6.45) is 0. The molecule has 2 nitrogen and oxygen atoms in total. The first-order chi connectivity index (χ1) is 5.89. The van der Waals surface area contributed by atoms with Crippen LogP contribution in [0.5, 0.6) is 0 Å². The predicted molar refractivity (Wildman–Crippen MR) is 62.9 cm³/mol. The molecule has 0 bridgehead atoms. The van der Waals surface area contributed by atoms with Crippen LogP contribution in [0, 0.1) is 0 Å². The molecule has 0 aliphatic carbocycles. The monoisotopic (exact) mass is 218 g/mol. The van der Waals surface area contributed by atoms with Crippen LogP contribution in [0.1, 0.15) is 0 Å². The largest absolute Gasteiger partial charge is 0.395 e. The number of hydrogen-bond donors (Lipinski definition) is 0. The summed E-state index contributed by atoms with van der Waals surface area (Å²) in [5, 5.41) is 0. The van der Waals surface area contributed by atoms with Gasteiger partial charge >= 0.3 is 8.56 Å². The fraction of sp³-hybridized carbons (Fsp3) is 0.778. The topological polar surface area (TPSA) is 18.5 Å². The second-order valence-electron chi connectivity index (χ2n) is 4.48. The van der Waals surface area contributed by atoms with Crippen LogP contribution in [0.2, 0.25) is 31.7 Å². The molecule has 4 heteroatoms. The fourth-order valence-electron chi connectivity index (χ4n) is 1.11. The molecule has 0 aromatic rings. The molecule has 0 atom stereocenters. The van der Waals surface area contributed by atoms with Crippen molar-refractivity contribution in [2.45, 2.75) is 31.7 Å². The van der Waals surface area contributed by atoms with Crippen molar-refractivity contribution >= 4 is 16.6 Å². The minimum Gasteiger partial charge on any atom is -0.395 e. The van der Waals surface area contributed by atoms with E-state index >= 15 is 0 Å². The first-order valence-corrected chi connectivity index (χ1v) is 10.4. The average molecular weight is 218 g/mol. The van der Waals surface area contributed by atoms with E-state index in [1.54, 1.807) is 14.2 Å². The second kappa shape index (κ2) is 5.09. The quantitative estimate of drug-likeness (QED) is 0.638. The molecule has 0 aliphatic heterocycles. The Kier molecular flexibility index (Phi) is 5.13. The molecule has 0 heterocycles.